The first-order valence-electron chi connectivity index (χ1n) is 6.92. The molecular weight excluding hydrogens is 269 g/mol. The third-order valence-corrected chi connectivity index (χ3v) is 3.62. The van der Waals surface area contributed by atoms with Crippen molar-refractivity contribution in [1.29, 1.82) is 0 Å². The van der Waals surface area contributed by atoms with Gasteiger partial charge in [-0.2, -0.15) is 0 Å². The molecule has 21 heavy (non-hydrogen) atoms. The Hall–Kier alpha value is -2.36. The summed E-state index contributed by atoms with van der Waals surface area (Å²) in [6.07, 6.45) is 0.850. The summed E-state index contributed by atoms with van der Waals surface area (Å²) in [6, 6.07) is 12.1. The van der Waals surface area contributed by atoms with Crippen LogP contribution in [0.4, 0.5) is 10.1 Å². The van der Waals surface area contributed by atoms with Crippen molar-refractivity contribution in [2.45, 2.75) is 13.3 Å². The molecule has 2 aromatic carbocycles. The van der Waals surface area contributed by atoms with Crippen LogP contribution >= 0.6 is 0 Å². The molecule has 0 aromatic heterocycles. The quantitative estimate of drug-likeness (QED) is 0.867. The van der Waals surface area contributed by atoms with Gasteiger partial charge in [0.2, 0.25) is 0 Å². The molecule has 1 amide bonds. The van der Waals surface area contributed by atoms with Crippen LogP contribution in [0.2, 0.25) is 0 Å². The number of carbonyl (C=O) groups excluding carboxylic acids is 1. The van der Waals surface area contributed by atoms with Crippen molar-refractivity contribution < 1.29 is 13.9 Å². The standard InChI is InChI=1S/C17H16FNO2/c1-12-6-7-15-13(10-12)8-9-19(15)17(20)11-21-16-5-3-2-4-14(16)18/h2-7,10H,8-9,11H2,1H3. The summed E-state index contributed by atoms with van der Waals surface area (Å²) < 4.78 is 18.7. The van der Waals surface area contributed by atoms with Crippen LogP contribution in [-0.2, 0) is 11.2 Å². The van der Waals surface area contributed by atoms with E-state index in [4.69, 9.17) is 4.74 Å². The lowest BCUT2D eigenvalue weighted by atomic mass is 10.1. The number of fused-ring (bicyclic) bond motifs is 1. The number of ether oxygens (including phenoxy) is 1. The SMILES string of the molecule is Cc1ccc2c(c1)CCN2C(=O)COc1ccccc1F. The molecule has 3 rings (SSSR count). The maximum atomic E-state index is 13.5. The summed E-state index contributed by atoms with van der Waals surface area (Å²) in [5, 5.41) is 0. The maximum absolute atomic E-state index is 13.5. The van der Waals surface area contributed by atoms with Crippen LogP contribution in [0.5, 0.6) is 5.75 Å². The highest BCUT2D eigenvalue weighted by atomic mass is 19.1. The number of anilines is 1. The molecule has 4 heteroatoms. The summed E-state index contributed by atoms with van der Waals surface area (Å²) in [4.78, 5) is 14.0. The molecule has 1 aliphatic heterocycles. The summed E-state index contributed by atoms with van der Waals surface area (Å²) in [5.74, 6) is -0.502. The first-order valence-corrected chi connectivity index (χ1v) is 6.92. The monoisotopic (exact) mass is 285 g/mol. The molecule has 0 atom stereocenters. The number of amides is 1. The minimum absolute atomic E-state index is 0.106. The Balaban J connectivity index is 1.69. The van der Waals surface area contributed by atoms with Crippen LogP contribution in [0, 0.1) is 12.7 Å². The van der Waals surface area contributed by atoms with Gasteiger partial charge in [-0.1, -0.05) is 29.8 Å². The van der Waals surface area contributed by atoms with Gasteiger partial charge in [0.05, 0.1) is 0 Å². The zero-order valence-corrected chi connectivity index (χ0v) is 11.8. The molecule has 0 saturated carbocycles. The number of carbonyl (C=O) groups is 1. The van der Waals surface area contributed by atoms with Crippen LogP contribution < -0.4 is 9.64 Å². The van der Waals surface area contributed by atoms with Gasteiger partial charge in [0, 0.05) is 12.2 Å². The van der Waals surface area contributed by atoms with Crippen molar-refractivity contribution in [1.82, 2.24) is 0 Å². The third-order valence-electron chi connectivity index (χ3n) is 3.62. The summed E-state index contributed by atoms with van der Waals surface area (Å²) in [6.45, 7) is 2.53. The molecular formula is C17H16FNO2. The van der Waals surface area contributed by atoms with Crippen LogP contribution in [0.15, 0.2) is 42.5 Å². The second-order valence-electron chi connectivity index (χ2n) is 5.15. The smallest absolute Gasteiger partial charge is 0.264 e. The van der Waals surface area contributed by atoms with Crippen molar-refractivity contribution in [3.8, 4) is 5.75 Å². The van der Waals surface area contributed by atoms with E-state index in [0.717, 1.165) is 12.1 Å². The van der Waals surface area contributed by atoms with E-state index < -0.39 is 5.82 Å². The Morgan fingerprint density at radius 2 is 2.10 bits per heavy atom. The number of para-hydroxylation sites is 1. The zero-order chi connectivity index (χ0) is 14.8. The van der Waals surface area contributed by atoms with Crippen molar-refractivity contribution in [2.75, 3.05) is 18.1 Å². The van der Waals surface area contributed by atoms with Crippen LogP contribution in [0.1, 0.15) is 11.1 Å². The number of halogens is 1. The molecule has 0 saturated heterocycles. The van der Waals surface area contributed by atoms with Gasteiger partial charge in [-0.15, -0.1) is 0 Å². The van der Waals surface area contributed by atoms with Crippen molar-refractivity contribution >= 4 is 11.6 Å². The number of hydrogen-bond donors (Lipinski definition) is 0. The van der Waals surface area contributed by atoms with E-state index in [2.05, 4.69) is 6.07 Å². The fraction of sp³-hybridized carbons (Fsp3) is 0.235. The van der Waals surface area contributed by atoms with Gasteiger partial charge in [-0.05, 0) is 37.1 Å². The lowest BCUT2D eigenvalue weighted by molar-refractivity contribution is -0.120. The van der Waals surface area contributed by atoms with Crippen LogP contribution in [0.25, 0.3) is 0 Å². The van der Waals surface area contributed by atoms with Crippen molar-refractivity contribution in [3.05, 3.63) is 59.4 Å². The minimum atomic E-state index is -0.456. The largest absolute Gasteiger partial charge is 0.481 e. The average Bonchev–Trinajstić information content (AvgIpc) is 2.89. The highest BCUT2D eigenvalue weighted by molar-refractivity contribution is 5.96. The number of aryl methyl sites for hydroxylation is 1. The van der Waals surface area contributed by atoms with Gasteiger partial charge in [0.15, 0.2) is 18.2 Å². The van der Waals surface area contributed by atoms with Gasteiger partial charge in [-0.3, -0.25) is 4.79 Å². The van der Waals surface area contributed by atoms with E-state index >= 15 is 0 Å². The average molecular weight is 285 g/mol. The predicted molar refractivity (Wildman–Crippen MR) is 79.1 cm³/mol. The maximum Gasteiger partial charge on any atom is 0.264 e. The minimum Gasteiger partial charge on any atom is -0.481 e. The molecule has 0 unspecified atom stereocenters. The van der Waals surface area contributed by atoms with Gasteiger partial charge in [-0.25, -0.2) is 4.39 Å². The Morgan fingerprint density at radius 1 is 1.29 bits per heavy atom. The van der Waals surface area contributed by atoms with E-state index in [0.29, 0.717) is 6.54 Å². The van der Waals surface area contributed by atoms with Crippen LogP contribution in [0.3, 0.4) is 0 Å². The molecule has 2 aromatic rings. The summed E-state index contributed by atoms with van der Waals surface area (Å²) in [7, 11) is 0. The second-order valence-corrected chi connectivity index (χ2v) is 5.15. The van der Waals surface area contributed by atoms with E-state index in [1.165, 1.54) is 23.3 Å². The normalized spacial score (nSPS) is 13.1. The zero-order valence-electron chi connectivity index (χ0n) is 11.8. The molecule has 0 spiro atoms. The highest BCUT2D eigenvalue weighted by Crippen LogP contribution is 2.28. The van der Waals surface area contributed by atoms with Crippen molar-refractivity contribution in [2.24, 2.45) is 0 Å². The summed E-state index contributed by atoms with van der Waals surface area (Å²) >= 11 is 0. The topological polar surface area (TPSA) is 29.5 Å². The number of hydrogen-bond acceptors (Lipinski definition) is 2. The lowest BCUT2D eigenvalue weighted by Crippen LogP contribution is -2.33. The first-order chi connectivity index (χ1) is 10.1. The van der Waals surface area contributed by atoms with Crippen molar-refractivity contribution in [3.63, 3.8) is 0 Å². The fourth-order valence-corrected chi connectivity index (χ4v) is 2.57. The molecule has 0 N–H and O–H groups in total. The Kier molecular flexibility index (Phi) is 3.60. The summed E-state index contributed by atoms with van der Waals surface area (Å²) in [5.41, 5.74) is 3.29. The molecule has 3 nitrogen and oxygen atoms in total. The van der Waals surface area contributed by atoms with E-state index in [9.17, 15) is 9.18 Å². The first kappa shape index (κ1) is 13.6. The highest BCUT2D eigenvalue weighted by Gasteiger charge is 2.24. The van der Waals surface area contributed by atoms with Gasteiger partial charge < -0.3 is 9.64 Å². The number of nitrogens with zero attached hydrogens (tertiary/aromatic N) is 1. The number of benzene rings is 2. The number of rotatable bonds is 3. The van der Waals surface area contributed by atoms with Gasteiger partial charge >= 0.3 is 0 Å². The Bertz CT molecular complexity index is 684. The molecule has 0 bridgehead atoms. The van der Waals surface area contributed by atoms with Crippen LogP contribution in [-0.4, -0.2) is 19.1 Å². The lowest BCUT2D eigenvalue weighted by Gasteiger charge is -2.17. The second kappa shape index (κ2) is 5.56. The predicted octanol–water partition coefficient (Wildman–Crippen LogP) is 3.10. The molecule has 108 valence electrons. The Labute approximate surface area is 123 Å². The van der Waals surface area contributed by atoms with E-state index in [1.807, 2.05) is 19.1 Å². The van der Waals surface area contributed by atoms with Gasteiger partial charge in [0.1, 0.15) is 0 Å². The fourth-order valence-electron chi connectivity index (χ4n) is 2.57. The van der Waals surface area contributed by atoms with E-state index in [1.54, 1.807) is 17.0 Å². The Morgan fingerprint density at radius 3 is 2.90 bits per heavy atom. The third kappa shape index (κ3) is 2.75. The van der Waals surface area contributed by atoms with E-state index in [-0.39, 0.29) is 18.3 Å². The molecule has 0 fully saturated rings. The molecule has 1 heterocycles. The van der Waals surface area contributed by atoms with Gasteiger partial charge in [0.25, 0.3) is 5.91 Å². The molecule has 0 aliphatic carbocycles. The molecule has 0 radical (unpaired) electrons. The molecule has 1 aliphatic rings.